The van der Waals surface area contributed by atoms with Gasteiger partial charge in [-0.25, -0.2) is 0 Å². The van der Waals surface area contributed by atoms with Gasteiger partial charge in [0.05, 0.1) is 6.10 Å². The van der Waals surface area contributed by atoms with Crippen molar-refractivity contribution in [1.82, 2.24) is 5.32 Å². The molecule has 0 aliphatic heterocycles. The molecule has 2 aliphatic rings. The van der Waals surface area contributed by atoms with E-state index in [0.29, 0.717) is 12.5 Å². The summed E-state index contributed by atoms with van der Waals surface area (Å²) in [5.74, 6) is 0. The highest BCUT2D eigenvalue weighted by Gasteiger charge is 2.55. The summed E-state index contributed by atoms with van der Waals surface area (Å²) in [7, 11) is 1.89. The molecule has 0 aromatic rings. The highest BCUT2D eigenvalue weighted by Crippen LogP contribution is 2.53. The average molecular weight is 251 g/mol. The van der Waals surface area contributed by atoms with Crippen LogP contribution in [0.2, 0.25) is 0 Å². The molecule has 0 radical (unpaired) electrons. The van der Waals surface area contributed by atoms with E-state index < -0.39 is 12.8 Å². The predicted octanol–water partition coefficient (Wildman–Crippen LogP) is 2.88. The van der Waals surface area contributed by atoms with E-state index in [-0.39, 0.29) is 11.5 Å². The third-order valence-electron chi connectivity index (χ3n) is 4.37. The second-order valence-electron chi connectivity index (χ2n) is 5.29. The minimum atomic E-state index is -4.21. The van der Waals surface area contributed by atoms with Crippen molar-refractivity contribution < 1.29 is 17.9 Å². The van der Waals surface area contributed by atoms with E-state index in [9.17, 15) is 13.2 Å². The van der Waals surface area contributed by atoms with E-state index in [1.807, 2.05) is 7.05 Å². The molecule has 0 heterocycles. The van der Waals surface area contributed by atoms with Gasteiger partial charge >= 0.3 is 6.18 Å². The molecule has 2 fully saturated rings. The lowest BCUT2D eigenvalue weighted by atomic mass is 9.55. The Morgan fingerprint density at radius 2 is 1.88 bits per heavy atom. The standard InChI is InChI=1S/C12H20F3NO/c1-16-9-7-10(17-8-12(13,14)15)11(9)5-3-2-4-6-11/h9-10,16H,2-8H2,1H3. The minimum absolute atomic E-state index is 0.0295. The first-order valence-electron chi connectivity index (χ1n) is 6.33. The van der Waals surface area contributed by atoms with Gasteiger partial charge in [0, 0.05) is 11.5 Å². The van der Waals surface area contributed by atoms with Crippen molar-refractivity contribution in [3.63, 3.8) is 0 Å². The van der Waals surface area contributed by atoms with Crippen LogP contribution in [0.4, 0.5) is 13.2 Å². The Labute approximate surface area is 99.9 Å². The summed E-state index contributed by atoms with van der Waals surface area (Å²) in [5, 5.41) is 3.23. The molecule has 0 aromatic carbocycles. The van der Waals surface area contributed by atoms with E-state index in [1.165, 1.54) is 6.42 Å². The first-order valence-corrected chi connectivity index (χ1v) is 6.33. The molecule has 2 atom stereocenters. The second-order valence-corrected chi connectivity index (χ2v) is 5.29. The lowest BCUT2D eigenvalue weighted by Crippen LogP contribution is -2.64. The van der Waals surface area contributed by atoms with Crippen molar-refractivity contribution in [2.24, 2.45) is 5.41 Å². The van der Waals surface area contributed by atoms with Crippen molar-refractivity contribution in [2.75, 3.05) is 13.7 Å². The quantitative estimate of drug-likeness (QED) is 0.832. The summed E-state index contributed by atoms with van der Waals surface area (Å²) in [6.45, 7) is -1.10. The first kappa shape index (κ1) is 13.1. The van der Waals surface area contributed by atoms with Crippen LogP contribution in [0.3, 0.4) is 0 Å². The topological polar surface area (TPSA) is 21.3 Å². The smallest absolute Gasteiger partial charge is 0.368 e. The Balaban J connectivity index is 1.94. The lowest BCUT2D eigenvalue weighted by Gasteiger charge is -2.57. The molecule has 1 spiro atoms. The molecule has 17 heavy (non-hydrogen) atoms. The van der Waals surface area contributed by atoms with Crippen LogP contribution in [0.25, 0.3) is 0 Å². The maximum absolute atomic E-state index is 12.2. The fourth-order valence-electron chi connectivity index (χ4n) is 3.46. The summed E-state index contributed by atoms with van der Waals surface area (Å²) < 4.78 is 41.6. The number of nitrogens with one attached hydrogen (secondary N) is 1. The molecule has 5 heteroatoms. The molecule has 0 aromatic heterocycles. The van der Waals surface area contributed by atoms with Crippen molar-refractivity contribution in [2.45, 2.75) is 56.8 Å². The first-order chi connectivity index (χ1) is 7.98. The van der Waals surface area contributed by atoms with Crippen LogP contribution in [0, 0.1) is 5.41 Å². The fourth-order valence-corrected chi connectivity index (χ4v) is 3.46. The van der Waals surface area contributed by atoms with Crippen molar-refractivity contribution in [3.05, 3.63) is 0 Å². The molecule has 2 unspecified atom stereocenters. The van der Waals surface area contributed by atoms with E-state index in [2.05, 4.69) is 5.32 Å². The largest absolute Gasteiger partial charge is 0.411 e. The van der Waals surface area contributed by atoms with Gasteiger partial charge in [0.1, 0.15) is 6.61 Å². The summed E-state index contributed by atoms with van der Waals surface area (Å²) in [6.07, 6.45) is 1.73. The molecule has 2 rings (SSSR count). The van der Waals surface area contributed by atoms with Crippen LogP contribution in [0.15, 0.2) is 0 Å². The van der Waals surface area contributed by atoms with E-state index in [0.717, 1.165) is 25.7 Å². The van der Waals surface area contributed by atoms with Crippen molar-refractivity contribution >= 4 is 0 Å². The fraction of sp³-hybridized carbons (Fsp3) is 1.00. The zero-order chi connectivity index (χ0) is 12.5. The Kier molecular flexibility index (Phi) is 3.69. The maximum Gasteiger partial charge on any atom is 0.411 e. The van der Waals surface area contributed by atoms with Gasteiger partial charge in [-0.1, -0.05) is 19.3 Å². The Morgan fingerprint density at radius 1 is 1.24 bits per heavy atom. The van der Waals surface area contributed by atoms with Gasteiger partial charge in [0.2, 0.25) is 0 Å². The highest BCUT2D eigenvalue weighted by molar-refractivity contribution is 5.08. The molecular formula is C12H20F3NO. The number of alkyl halides is 3. The molecule has 0 saturated heterocycles. The normalized spacial score (nSPS) is 32.5. The number of hydrogen-bond acceptors (Lipinski definition) is 2. The molecule has 2 nitrogen and oxygen atoms in total. The van der Waals surface area contributed by atoms with Crippen LogP contribution in [0.5, 0.6) is 0 Å². The Morgan fingerprint density at radius 3 is 2.41 bits per heavy atom. The molecular weight excluding hydrogens is 231 g/mol. The molecule has 100 valence electrons. The van der Waals surface area contributed by atoms with Gasteiger partial charge in [-0.05, 0) is 26.3 Å². The number of hydrogen-bond donors (Lipinski definition) is 1. The third-order valence-corrected chi connectivity index (χ3v) is 4.37. The number of ether oxygens (including phenoxy) is 1. The van der Waals surface area contributed by atoms with E-state index in [1.54, 1.807) is 0 Å². The van der Waals surface area contributed by atoms with E-state index in [4.69, 9.17) is 4.74 Å². The van der Waals surface area contributed by atoms with Crippen molar-refractivity contribution in [3.8, 4) is 0 Å². The zero-order valence-electron chi connectivity index (χ0n) is 10.1. The summed E-state index contributed by atoms with van der Waals surface area (Å²) in [4.78, 5) is 0. The SMILES string of the molecule is CNC1CC(OCC(F)(F)F)C12CCCCC2. The van der Waals surface area contributed by atoms with Crippen LogP contribution >= 0.6 is 0 Å². The highest BCUT2D eigenvalue weighted by atomic mass is 19.4. The molecule has 2 saturated carbocycles. The van der Waals surface area contributed by atoms with Crippen molar-refractivity contribution in [1.29, 1.82) is 0 Å². The number of halogens is 3. The molecule has 1 N–H and O–H groups in total. The van der Waals surface area contributed by atoms with Gasteiger partial charge in [0.15, 0.2) is 0 Å². The molecule has 0 amide bonds. The Hall–Kier alpha value is -0.290. The van der Waals surface area contributed by atoms with E-state index >= 15 is 0 Å². The van der Waals surface area contributed by atoms with Gasteiger partial charge in [0.25, 0.3) is 0 Å². The lowest BCUT2D eigenvalue weighted by molar-refractivity contribution is -0.228. The number of rotatable bonds is 3. The van der Waals surface area contributed by atoms with Crippen LogP contribution in [-0.4, -0.2) is 32.0 Å². The van der Waals surface area contributed by atoms with Gasteiger partial charge in [-0.2, -0.15) is 13.2 Å². The van der Waals surface area contributed by atoms with Gasteiger partial charge in [-0.3, -0.25) is 0 Å². The average Bonchev–Trinajstić information content (AvgIpc) is 2.27. The van der Waals surface area contributed by atoms with Gasteiger partial charge in [-0.15, -0.1) is 0 Å². The van der Waals surface area contributed by atoms with Crippen LogP contribution < -0.4 is 5.32 Å². The predicted molar refractivity (Wildman–Crippen MR) is 58.8 cm³/mol. The third kappa shape index (κ3) is 2.60. The minimum Gasteiger partial charge on any atom is -0.368 e. The van der Waals surface area contributed by atoms with Crippen LogP contribution in [-0.2, 0) is 4.74 Å². The summed E-state index contributed by atoms with van der Waals surface area (Å²) in [5.41, 5.74) is -0.0295. The monoisotopic (exact) mass is 251 g/mol. The maximum atomic E-state index is 12.2. The second kappa shape index (κ2) is 4.76. The zero-order valence-corrected chi connectivity index (χ0v) is 10.1. The molecule has 2 aliphatic carbocycles. The van der Waals surface area contributed by atoms with Gasteiger partial charge < -0.3 is 10.1 Å². The Bertz CT molecular complexity index is 261. The summed E-state index contributed by atoms with van der Waals surface area (Å²) >= 11 is 0. The summed E-state index contributed by atoms with van der Waals surface area (Å²) in [6, 6.07) is 0.334. The molecule has 0 bridgehead atoms. The van der Waals surface area contributed by atoms with Crippen LogP contribution in [0.1, 0.15) is 38.5 Å².